The lowest BCUT2D eigenvalue weighted by atomic mass is 9.80. The van der Waals surface area contributed by atoms with Gasteiger partial charge in [0.1, 0.15) is 0 Å². The molecule has 0 saturated heterocycles. The van der Waals surface area contributed by atoms with Crippen molar-refractivity contribution in [2.24, 2.45) is 11.8 Å². The maximum absolute atomic E-state index is 3.86. The van der Waals surface area contributed by atoms with E-state index in [1.165, 1.54) is 36.1 Å². The zero-order chi connectivity index (χ0) is 15.6. The van der Waals surface area contributed by atoms with Gasteiger partial charge in [0.15, 0.2) is 0 Å². The Balaban J connectivity index is 2.19. The molecule has 2 atom stereocenters. The van der Waals surface area contributed by atoms with E-state index in [4.69, 9.17) is 0 Å². The molecule has 21 heavy (non-hydrogen) atoms. The van der Waals surface area contributed by atoms with Crippen LogP contribution in [0, 0.1) is 11.8 Å². The molecule has 1 heteroatoms. The van der Waals surface area contributed by atoms with Gasteiger partial charge in [0, 0.05) is 11.7 Å². The summed E-state index contributed by atoms with van der Waals surface area (Å²) in [5.74, 6) is 2.88. The fourth-order valence-electron chi connectivity index (χ4n) is 3.83. The third kappa shape index (κ3) is 4.25. The van der Waals surface area contributed by atoms with Gasteiger partial charge in [-0.1, -0.05) is 53.7 Å². The highest BCUT2D eigenvalue weighted by atomic mass is 14.9. The number of rotatable bonds is 4. The van der Waals surface area contributed by atoms with Crippen LogP contribution >= 0.6 is 0 Å². The average molecular weight is 287 g/mol. The van der Waals surface area contributed by atoms with E-state index < -0.39 is 0 Å². The van der Waals surface area contributed by atoms with Gasteiger partial charge >= 0.3 is 0 Å². The summed E-state index contributed by atoms with van der Waals surface area (Å²) in [6, 6.07) is 7.67. The molecule has 1 saturated carbocycles. The minimum absolute atomic E-state index is 0.574. The number of benzene rings is 1. The first-order chi connectivity index (χ1) is 9.86. The molecule has 0 bridgehead atoms. The molecule has 1 aromatic rings. The lowest BCUT2D eigenvalue weighted by Gasteiger charge is -2.33. The number of hydrogen-bond donors (Lipinski definition) is 1. The summed E-state index contributed by atoms with van der Waals surface area (Å²) >= 11 is 0. The summed E-state index contributed by atoms with van der Waals surface area (Å²) in [7, 11) is 0. The Labute approximate surface area is 131 Å². The zero-order valence-corrected chi connectivity index (χ0v) is 14.7. The van der Waals surface area contributed by atoms with Gasteiger partial charge < -0.3 is 5.32 Å². The zero-order valence-electron chi connectivity index (χ0n) is 14.7. The molecule has 118 valence electrons. The molecular formula is C20H33N. The van der Waals surface area contributed by atoms with Crippen LogP contribution in [0.5, 0.6) is 0 Å². The molecule has 1 aromatic carbocycles. The minimum Gasteiger partial charge on any atom is -0.382 e. The molecule has 0 spiro atoms. The van der Waals surface area contributed by atoms with Crippen LogP contribution in [0.3, 0.4) is 0 Å². The Morgan fingerprint density at radius 1 is 0.905 bits per heavy atom. The Morgan fingerprint density at radius 3 is 2.05 bits per heavy atom. The number of hydrogen-bond acceptors (Lipinski definition) is 1. The predicted octanol–water partition coefficient (Wildman–Crippen LogP) is 6.17. The van der Waals surface area contributed by atoms with Crippen molar-refractivity contribution in [2.45, 2.75) is 78.7 Å². The molecule has 1 aliphatic carbocycles. The summed E-state index contributed by atoms with van der Waals surface area (Å²) in [6.45, 7) is 14.0. The molecule has 1 nitrogen and oxygen atoms in total. The van der Waals surface area contributed by atoms with Crippen LogP contribution in [-0.4, -0.2) is 6.04 Å². The molecule has 0 amide bonds. The van der Waals surface area contributed by atoms with Gasteiger partial charge in [-0.05, 0) is 60.1 Å². The highest BCUT2D eigenvalue weighted by Crippen LogP contribution is 2.33. The third-order valence-electron chi connectivity index (χ3n) is 4.90. The van der Waals surface area contributed by atoms with E-state index in [1.807, 2.05) is 0 Å². The van der Waals surface area contributed by atoms with Crippen LogP contribution in [-0.2, 0) is 0 Å². The van der Waals surface area contributed by atoms with Crippen molar-refractivity contribution in [1.82, 2.24) is 0 Å². The van der Waals surface area contributed by atoms with Crippen LogP contribution in [0.15, 0.2) is 18.2 Å². The second kappa shape index (κ2) is 6.85. The molecule has 1 fully saturated rings. The molecule has 0 heterocycles. The molecule has 0 aromatic heterocycles. The lowest BCUT2D eigenvalue weighted by molar-refractivity contribution is 0.280. The Hall–Kier alpha value is -0.980. The van der Waals surface area contributed by atoms with Gasteiger partial charge in [-0.15, -0.1) is 0 Å². The predicted molar refractivity (Wildman–Crippen MR) is 94.2 cm³/mol. The monoisotopic (exact) mass is 287 g/mol. The summed E-state index contributed by atoms with van der Waals surface area (Å²) in [6.07, 6.45) is 4.02. The fourth-order valence-corrected chi connectivity index (χ4v) is 3.83. The number of nitrogens with one attached hydrogen (secondary N) is 1. The van der Waals surface area contributed by atoms with Crippen molar-refractivity contribution >= 4 is 5.69 Å². The van der Waals surface area contributed by atoms with Crippen LogP contribution in [0.1, 0.15) is 83.8 Å². The van der Waals surface area contributed by atoms with Crippen molar-refractivity contribution in [3.63, 3.8) is 0 Å². The molecule has 2 rings (SSSR count). The molecule has 1 aliphatic rings. The Morgan fingerprint density at radius 2 is 1.52 bits per heavy atom. The van der Waals surface area contributed by atoms with Gasteiger partial charge in [-0.3, -0.25) is 0 Å². The summed E-state index contributed by atoms with van der Waals surface area (Å²) in [5, 5.41) is 3.86. The van der Waals surface area contributed by atoms with Crippen molar-refractivity contribution in [3.05, 3.63) is 29.3 Å². The van der Waals surface area contributed by atoms with E-state index in [2.05, 4.69) is 65.1 Å². The molecular weight excluding hydrogens is 254 g/mol. The van der Waals surface area contributed by atoms with E-state index in [0.717, 1.165) is 11.8 Å². The van der Waals surface area contributed by atoms with E-state index >= 15 is 0 Å². The normalized spacial score (nSPS) is 26.4. The fraction of sp³-hybridized carbons (Fsp3) is 0.700. The Bertz CT molecular complexity index is 451. The topological polar surface area (TPSA) is 12.0 Å². The van der Waals surface area contributed by atoms with Gasteiger partial charge in [0.05, 0.1) is 0 Å². The third-order valence-corrected chi connectivity index (χ3v) is 4.90. The summed E-state index contributed by atoms with van der Waals surface area (Å²) in [5.41, 5.74) is 4.29. The SMILES string of the molecule is CC1CC(C)CC(Nc2ccc(C(C)C)cc2C(C)C)C1. The van der Waals surface area contributed by atoms with E-state index in [1.54, 1.807) is 0 Å². The first kappa shape index (κ1) is 16.4. The quantitative estimate of drug-likeness (QED) is 0.698. The summed E-state index contributed by atoms with van der Waals surface area (Å²) in [4.78, 5) is 0. The maximum Gasteiger partial charge on any atom is 0.0377 e. The van der Waals surface area contributed by atoms with Crippen molar-refractivity contribution in [1.29, 1.82) is 0 Å². The summed E-state index contributed by atoms with van der Waals surface area (Å²) < 4.78 is 0. The second-order valence-corrected chi connectivity index (χ2v) is 7.91. The smallest absolute Gasteiger partial charge is 0.0377 e. The first-order valence-corrected chi connectivity index (χ1v) is 8.77. The first-order valence-electron chi connectivity index (χ1n) is 8.77. The van der Waals surface area contributed by atoms with Gasteiger partial charge in [-0.25, -0.2) is 0 Å². The number of anilines is 1. The van der Waals surface area contributed by atoms with Crippen molar-refractivity contribution in [2.75, 3.05) is 5.32 Å². The highest BCUT2D eigenvalue weighted by Gasteiger charge is 2.24. The standard InChI is InChI=1S/C20H33N/c1-13(2)17-7-8-20(19(12-17)14(3)4)21-18-10-15(5)9-16(6)11-18/h7-8,12-16,18,21H,9-11H2,1-6H3. The molecule has 1 N–H and O–H groups in total. The lowest BCUT2D eigenvalue weighted by Crippen LogP contribution is -2.30. The van der Waals surface area contributed by atoms with Gasteiger partial charge in [0.25, 0.3) is 0 Å². The van der Waals surface area contributed by atoms with E-state index in [9.17, 15) is 0 Å². The Kier molecular flexibility index (Phi) is 5.35. The molecule has 0 aliphatic heterocycles. The van der Waals surface area contributed by atoms with Gasteiger partial charge in [0.2, 0.25) is 0 Å². The van der Waals surface area contributed by atoms with E-state index in [-0.39, 0.29) is 0 Å². The van der Waals surface area contributed by atoms with Crippen LogP contribution in [0.4, 0.5) is 5.69 Å². The van der Waals surface area contributed by atoms with Gasteiger partial charge in [-0.2, -0.15) is 0 Å². The minimum atomic E-state index is 0.574. The van der Waals surface area contributed by atoms with Crippen LogP contribution in [0.2, 0.25) is 0 Å². The molecule has 0 radical (unpaired) electrons. The van der Waals surface area contributed by atoms with Crippen LogP contribution in [0.25, 0.3) is 0 Å². The van der Waals surface area contributed by atoms with Crippen molar-refractivity contribution < 1.29 is 0 Å². The van der Waals surface area contributed by atoms with E-state index in [0.29, 0.717) is 17.9 Å². The maximum atomic E-state index is 3.86. The van der Waals surface area contributed by atoms with Crippen LogP contribution < -0.4 is 5.32 Å². The highest BCUT2D eigenvalue weighted by molar-refractivity contribution is 5.55. The molecule has 2 unspecified atom stereocenters. The largest absolute Gasteiger partial charge is 0.382 e. The average Bonchev–Trinajstić information content (AvgIpc) is 2.37. The second-order valence-electron chi connectivity index (χ2n) is 7.91. The van der Waals surface area contributed by atoms with Crippen molar-refractivity contribution in [3.8, 4) is 0 Å².